The van der Waals surface area contributed by atoms with Gasteiger partial charge in [0.1, 0.15) is 12.2 Å². The molecule has 1 aliphatic carbocycles. The van der Waals surface area contributed by atoms with Crippen molar-refractivity contribution >= 4 is 24.6 Å². The van der Waals surface area contributed by atoms with Gasteiger partial charge in [0.05, 0.1) is 17.9 Å². The SMILES string of the molecule is C=N/C(=C1/c2cc[nH]c2N=CN1N)[C@H]1CC[C@H](CNCC(F)(F)C(F)(F)F)CC1. The number of nitrogens with one attached hydrogen (secondary N) is 2. The van der Waals surface area contributed by atoms with E-state index in [0.29, 0.717) is 37.2 Å². The van der Waals surface area contributed by atoms with Gasteiger partial charge >= 0.3 is 12.1 Å². The summed E-state index contributed by atoms with van der Waals surface area (Å²) in [4.78, 5) is 11.4. The third kappa shape index (κ3) is 4.50. The Kier molecular flexibility index (Phi) is 6.08. The first kappa shape index (κ1) is 21.4. The Morgan fingerprint density at radius 3 is 2.59 bits per heavy atom. The zero-order valence-electron chi connectivity index (χ0n) is 15.6. The van der Waals surface area contributed by atoms with E-state index < -0.39 is 18.6 Å². The van der Waals surface area contributed by atoms with Crippen LogP contribution in [0.15, 0.2) is 27.9 Å². The van der Waals surface area contributed by atoms with Crippen LogP contribution in [-0.4, -0.2) is 48.2 Å². The number of rotatable bonds is 6. The molecule has 0 unspecified atom stereocenters. The highest BCUT2D eigenvalue weighted by Gasteiger charge is 2.56. The van der Waals surface area contributed by atoms with Crippen molar-refractivity contribution in [3.8, 4) is 0 Å². The van der Waals surface area contributed by atoms with Crippen LogP contribution in [-0.2, 0) is 0 Å². The maximum atomic E-state index is 13.0. The normalized spacial score (nSPS) is 24.4. The number of nitrogens with zero attached hydrogens (tertiary/aromatic N) is 3. The Morgan fingerprint density at radius 2 is 1.97 bits per heavy atom. The predicted molar refractivity (Wildman–Crippen MR) is 101 cm³/mol. The minimum Gasteiger partial charge on any atom is -0.346 e. The molecule has 29 heavy (non-hydrogen) atoms. The molecule has 0 aromatic carbocycles. The van der Waals surface area contributed by atoms with Gasteiger partial charge in [0.25, 0.3) is 0 Å². The number of allylic oxidation sites excluding steroid dienone is 1. The summed E-state index contributed by atoms with van der Waals surface area (Å²) in [7, 11) is 0. The average molecular weight is 418 g/mol. The van der Waals surface area contributed by atoms with Crippen molar-refractivity contribution < 1.29 is 22.0 Å². The van der Waals surface area contributed by atoms with Crippen LogP contribution in [0.3, 0.4) is 0 Å². The summed E-state index contributed by atoms with van der Waals surface area (Å²) < 4.78 is 62.7. The number of hydrazine groups is 1. The van der Waals surface area contributed by atoms with Gasteiger partial charge in [-0.15, -0.1) is 0 Å². The molecule has 0 atom stereocenters. The first-order valence-electron chi connectivity index (χ1n) is 9.26. The van der Waals surface area contributed by atoms with E-state index in [1.807, 2.05) is 6.07 Å². The predicted octanol–water partition coefficient (Wildman–Crippen LogP) is 3.83. The van der Waals surface area contributed by atoms with Crippen LogP contribution in [0.4, 0.5) is 27.8 Å². The molecule has 1 aliphatic heterocycles. The van der Waals surface area contributed by atoms with E-state index in [2.05, 4.69) is 27.0 Å². The Morgan fingerprint density at radius 1 is 1.28 bits per heavy atom. The van der Waals surface area contributed by atoms with E-state index in [4.69, 9.17) is 5.84 Å². The molecule has 0 amide bonds. The van der Waals surface area contributed by atoms with Gasteiger partial charge in [-0.25, -0.2) is 10.8 Å². The lowest BCUT2D eigenvalue weighted by Gasteiger charge is -2.32. The van der Waals surface area contributed by atoms with Gasteiger partial charge in [0, 0.05) is 17.7 Å². The maximum absolute atomic E-state index is 13.0. The van der Waals surface area contributed by atoms with Gasteiger partial charge in [-0.3, -0.25) is 10.0 Å². The lowest BCUT2D eigenvalue weighted by molar-refractivity contribution is -0.279. The first-order valence-corrected chi connectivity index (χ1v) is 9.26. The van der Waals surface area contributed by atoms with Crippen LogP contribution < -0.4 is 11.2 Å². The summed E-state index contributed by atoms with van der Waals surface area (Å²) in [6, 6.07) is 1.85. The molecule has 3 rings (SSSR count). The molecule has 1 fully saturated rings. The Bertz CT molecular complexity index is 789. The van der Waals surface area contributed by atoms with Crippen LogP contribution in [0.1, 0.15) is 31.2 Å². The quantitative estimate of drug-likeness (QED) is 0.373. The van der Waals surface area contributed by atoms with Crippen molar-refractivity contribution in [2.75, 3.05) is 13.1 Å². The van der Waals surface area contributed by atoms with Crippen LogP contribution >= 0.6 is 0 Å². The molecule has 6 nitrogen and oxygen atoms in total. The maximum Gasteiger partial charge on any atom is 0.454 e. The van der Waals surface area contributed by atoms with E-state index >= 15 is 0 Å². The Balaban J connectivity index is 1.60. The molecule has 160 valence electrons. The number of alkyl halides is 5. The summed E-state index contributed by atoms with van der Waals surface area (Å²) >= 11 is 0. The molecule has 0 radical (unpaired) electrons. The second-order valence-corrected chi connectivity index (χ2v) is 7.33. The molecule has 4 N–H and O–H groups in total. The van der Waals surface area contributed by atoms with Crippen molar-refractivity contribution in [2.24, 2.45) is 27.7 Å². The van der Waals surface area contributed by atoms with Gasteiger partial charge in [0.15, 0.2) is 0 Å². The summed E-state index contributed by atoms with van der Waals surface area (Å²) in [5.74, 6) is 2.09. The minimum absolute atomic E-state index is 0.0241. The Hall–Kier alpha value is -2.27. The summed E-state index contributed by atoms with van der Waals surface area (Å²) in [5, 5.41) is 3.67. The van der Waals surface area contributed by atoms with E-state index in [1.165, 1.54) is 11.3 Å². The van der Waals surface area contributed by atoms with Gasteiger partial charge in [0.2, 0.25) is 0 Å². The molecule has 1 saturated carbocycles. The fraction of sp³-hybridized carbons (Fsp3) is 0.556. The van der Waals surface area contributed by atoms with E-state index in [-0.39, 0.29) is 18.4 Å². The molecular weight excluding hydrogens is 395 g/mol. The molecular formula is C18H23F5N6. The van der Waals surface area contributed by atoms with Crippen molar-refractivity contribution in [1.29, 1.82) is 0 Å². The number of H-pyrrole nitrogens is 1. The van der Waals surface area contributed by atoms with Gasteiger partial charge in [-0.05, 0) is 50.9 Å². The molecule has 0 spiro atoms. The standard InChI is InChI=1S/C18H23F5N6/c1-25-14(15-13-6-7-27-16(13)28-10-29(15)24)12-4-2-11(3-5-12)8-26-9-17(19,20)18(21,22)23/h6-7,10-12,26-27H,1-5,8-9,24H2/b15-14-/t11-,12-. The smallest absolute Gasteiger partial charge is 0.346 e. The second kappa shape index (κ2) is 8.23. The van der Waals surface area contributed by atoms with Crippen molar-refractivity contribution in [3.63, 3.8) is 0 Å². The third-order valence-corrected chi connectivity index (χ3v) is 5.39. The minimum atomic E-state index is -5.54. The Labute approximate surface area is 164 Å². The monoisotopic (exact) mass is 418 g/mol. The number of hydrogen-bond donors (Lipinski definition) is 3. The lowest BCUT2D eigenvalue weighted by Crippen LogP contribution is -2.46. The highest BCUT2D eigenvalue weighted by molar-refractivity contribution is 5.87. The van der Waals surface area contributed by atoms with Crippen LogP contribution in [0.5, 0.6) is 0 Å². The average Bonchev–Trinajstić information content (AvgIpc) is 3.13. The fourth-order valence-electron chi connectivity index (χ4n) is 3.82. The van der Waals surface area contributed by atoms with Gasteiger partial charge < -0.3 is 10.3 Å². The van der Waals surface area contributed by atoms with Crippen LogP contribution in [0.25, 0.3) is 5.70 Å². The van der Waals surface area contributed by atoms with Gasteiger partial charge in [-0.1, -0.05) is 0 Å². The topological polar surface area (TPSA) is 81.8 Å². The molecule has 2 heterocycles. The van der Waals surface area contributed by atoms with Gasteiger partial charge in [-0.2, -0.15) is 22.0 Å². The molecule has 2 aliphatic rings. The van der Waals surface area contributed by atoms with E-state index in [9.17, 15) is 22.0 Å². The fourth-order valence-corrected chi connectivity index (χ4v) is 3.82. The van der Waals surface area contributed by atoms with E-state index in [1.54, 1.807) is 6.20 Å². The molecule has 0 saturated heterocycles. The van der Waals surface area contributed by atoms with Crippen molar-refractivity contribution in [3.05, 3.63) is 23.5 Å². The van der Waals surface area contributed by atoms with Crippen LogP contribution in [0.2, 0.25) is 0 Å². The molecule has 1 aromatic heterocycles. The van der Waals surface area contributed by atoms with Crippen LogP contribution in [0, 0.1) is 11.8 Å². The third-order valence-electron chi connectivity index (χ3n) is 5.39. The largest absolute Gasteiger partial charge is 0.454 e. The highest BCUT2D eigenvalue weighted by atomic mass is 19.4. The molecule has 0 bridgehead atoms. The summed E-state index contributed by atoms with van der Waals surface area (Å²) in [6.07, 6.45) is 0.482. The van der Waals surface area contributed by atoms with Crippen molar-refractivity contribution in [1.82, 2.24) is 15.3 Å². The zero-order valence-corrected chi connectivity index (χ0v) is 15.6. The highest BCUT2D eigenvalue weighted by Crippen LogP contribution is 2.40. The molecule has 11 heteroatoms. The molecule has 1 aromatic rings. The lowest BCUT2D eigenvalue weighted by atomic mass is 9.79. The number of halogens is 5. The number of fused-ring (bicyclic) bond motifs is 1. The first-order chi connectivity index (χ1) is 13.6. The second-order valence-electron chi connectivity index (χ2n) is 7.33. The van der Waals surface area contributed by atoms with E-state index in [0.717, 1.165) is 11.3 Å². The number of aliphatic imine (C=N–C) groups is 2. The summed E-state index contributed by atoms with van der Waals surface area (Å²) in [5.41, 5.74) is 2.25. The van der Waals surface area contributed by atoms with Crippen molar-refractivity contribution in [2.45, 2.75) is 37.8 Å². The summed E-state index contributed by atoms with van der Waals surface area (Å²) in [6.45, 7) is 2.38. The number of nitrogens with two attached hydrogens (primary N) is 1. The number of aromatic amines is 1. The number of hydrogen-bond acceptors (Lipinski definition) is 5. The number of aromatic nitrogens is 1. The zero-order chi connectivity index (χ0) is 21.2.